The van der Waals surface area contributed by atoms with Gasteiger partial charge in [0.25, 0.3) is 0 Å². The Hall–Kier alpha value is -1.89. The second-order valence-electron chi connectivity index (χ2n) is 3.89. The van der Waals surface area contributed by atoms with E-state index < -0.39 is 0 Å². The Balaban J connectivity index is 2.42. The third-order valence-corrected chi connectivity index (χ3v) is 3.35. The maximum absolute atomic E-state index is 11.8. The number of rotatable bonds is 7. The number of hydrogen-bond donors (Lipinski definition) is 2. The summed E-state index contributed by atoms with van der Waals surface area (Å²) in [6, 6.07) is 5.02. The maximum atomic E-state index is 11.8. The first-order valence-electron chi connectivity index (χ1n) is 5.94. The van der Waals surface area contributed by atoms with Gasteiger partial charge in [-0.15, -0.1) is 11.8 Å². The van der Waals surface area contributed by atoms with E-state index in [4.69, 9.17) is 10.5 Å². The van der Waals surface area contributed by atoms with Gasteiger partial charge in [-0.1, -0.05) is 0 Å². The fourth-order valence-corrected chi connectivity index (χ4v) is 2.17. The zero-order chi connectivity index (χ0) is 15.0. The zero-order valence-corrected chi connectivity index (χ0v) is 12.3. The number of carbonyl (C=O) groups is 2. The van der Waals surface area contributed by atoms with Crippen molar-refractivity contribution in [2.75, 3.05) is 36.8 Å². The van der Waals surface area contributed by atoms with Gasteiger partial charge in [-0.2, -0.15) is 0 Å². The van der Waals surface area contributed by atoms with Crippen molar-refractivity contribution in [3.05, 3.63) is 18.2 Å². The molecular formula is C13H18N2O4S. The molecule has 0 aliphatic carbocycles. The van der Waals surface area contributed by atoms with Crippen molar-refractivity contribution in [2.45, 2.75) is 6.42 Å². The Bertz CT molecular complexity index is 479. The third-order valence-electron chi connectivity index (χ3n) is 2.42. The van der Waals surface area contributed by atoms with Gasteiger partial charge in [0, 0.05) is 17.9 Å². The summed E-state index contributed by atoms with van der Waals surface area (Å²) in [6.45, 7) is 0. The van der Waals surface area contributed by atoms with E-state index in [0.29, 0.717) is 29.3 Å². The number of benzene rings is 1. The molecule has 1 aromatic rings. The molecule has 0 aliphatic heterocycles. The lowest BCUT2D eigenvalue weighted by Crippen LogP contribution is -2.14. The molecule has 1 aromatic carbocycles. The summed E-state index contributed by atoms with van der Waals surface area (Å²) in [7, 11) is 2.86. The summed E-state index contributed by atoms with van der Waals surface area (Å²) in [5.41, 5.74) is 6.75. The molecule has 0 atom stereocenters. The summed E-state index contributed by atoms with van der Waals surface area (Å²) in [5, 5.41) is 2.73. The molecule has 1 amide bonds. The number of hydrogen-bond acceptors (Lipinski definition) is 6. The van der Waals surface area contributed by atoms with Gasteiger partial charge < -0.3 is 20.5 Å². The molecule has 1 rings (SSSR count). The molecule has 20 heavy (non-hydrogen) atoms. The van der Waals surface area contributed by atoms with Gasteiger partial charge in [0.2, 0.25) is 5.91 Å². The van der Waals surface area contributed by atoms with E-state index in [1.807, 2.05) is 0 Å². The van der Waals surface area contributed by atoms with Gasteiger partial charge in [0.05, 0.1) is 25.7 Å². The molecule has 3 N–H and O–H groups in total. The lowest BCUT2D eigenvalue weighted by atomic mass is 10.2. The van der Waals surface area contributed by atoms with Crippen LogP contribution in [0.2, 0.25) is 0 Å². The highest BCUT2D eigenvalue weighted by Crippen LogP contribution is 2.26. The number of methoxy groups -OCH3 is 2. The number of amides is 1. The minimum atomic E-state index is -0.298. The Morgan fingerprint density at radius 2 is 2.10 bits per heavy atom. The minimum absolute atomic E-state index is 0.161. The van der Waals surface area contributed by atoms with E-state index in [1.165, 1.54) is 26.0 Å². The average Bonchev–Trinajstić information content (AvgIpc) is 2.43. The average molecular weight is 298 g/mol. The first-order valence-corrected chi connectivity index (χ1v) is 7.10. The first kappa shape index (κ1) is 16.2. The van der Waals surface area contributed by atoms with Crippen LogP contribution in [0.3, 0.4) is 0 Å². The predicted molar refractivity (Wildman–Crippen MR) is 80.0 cm³/mol. The molecule has 0 radical (unpaired) electrons. The number of nitrogens with two attached hydrogens (primary N) is 1. The number of ether oxygens (including phenoxy) is 2. The molecule has 0 unspecified atom stereocenters. The minimum Gasteiger partial charge on any atom is -0.495 e. The highest BCUT2D eigenvalue weighted by atomic mass is 32.2. The largest absolute Gasteiger partial charge is 0.495 e. The van der Waals surface area contributed by atoms with Crippen LogP contribution >= 0.6 is 11.8 Å². The predicted octanol–water partition coefficient (Wildman–Crippen LogP) is 1.51. The number of thioether (sulfide) groups is 1. The van der Waals surface area contributed by atoms with E-state index in [0.717, 1.165) is 0 Å². The fourth-order valence-electron chi connectivity index (χ4n) is 1.42. The Morgan fingerprint density at radius 3 is 2.75 bits per heavy atom. The molecular weight excluding hydrogens is 280 g/mol. The van der Waals surface area contributed by atoms with Gasteiger partial charge in [0.15, 0.2) is 0 Å². The highest BCUT2D eigenvalue weighted by molar-refractivity contribution is 7.99. The smallest absolute Gasteiger partial charge is 0.315 e. The van der Waals surface area contributed by atoms with Gasteiger partial charge in [0.1, 0.15) is 5.75 Å². The van der Waals surface area contributed by atoms with Crippen molar-refractivity contribution < 1.29 is 19.1 Å². The standard InChI is InChI=1S/C13H18N2O4S/c1-18-11-4-3-9(14)7-10(11)15-12(16)5-6-20-8-13(17)19-2/h3-4,7H,5-6,8,14H2,1-2H3,(H,15,16). The van der Waals surface area contributed by atoms with E-state index in [2.05, 4.69) is 10.1 Å². The van der Waals surface area contributed by atoms with Crippen LogP contribution in [0.1, 0.15) is 6.42 Å². The normalized spacial score (nSPS) is 9.90. The van der Waals surface area contributed by atoms with E-state index in [9.17, 15) is 9.59 Å². The molecule has 0 saturated heterocycles. The molecule has 0 saturated carbocycles. The number of carbonyl (C=O) groups excluding carboxylic acids is 2. The summed E-state index contributed by atoms with van der Waals surface area (Å²) in [4.78, 5) is 22.7. The summed E-state index contributed by atoms with van der Waals surface area (Å²) in [6.07, 6.45) is 0.291. The van der Waals surface area contributed by atoms with Crippen molar-refractivity contribution in [3.8, 4) is 5.75 Å². The topological polar surface area (TPSA) is 90.7 Å². The Morgan fingerprint density at radius 1 is 1.35 bits per heavy atom. The van der Waals surface area contributed by atoms with Crippen LogP contribution in [0, 0.1) is 0 Å². The van der Waals surface area contributed by atoms with E-state index in [1.54, 1.807) is 18.2 Å². The lowest BCUT2D eigenvalue weighted by molar-refractivity contribution is -0.137. The van der Waals surface area contributed by atoms with Crippen LogP contribution in [0.5, 0.6) is 5.75 Å². The van der Waals surface area contributed by atoms with Crippen molar-refractivity contribution in [1.82, 2.24) is 0 Å². The van der Waals surface area contributed by atoms with Crippen LogP contribution in [0.4, 0.5) is 11.4 Å². The fraction of sp³-hybridized carbons (Fsp3) is 0.385. The highest BCUT2D eigenvalue weighted by Gasteiger charge is 2.08. The molecule has 0 heterocycles. The molecule has 0 spiro atoms. The van der Waals surface area contributed by atoms with Crippen molar-refractivity contribution in [1.29, 1.82) is 0 Å². The zero-order valence-electron chi connectivity index (χ0n) is 11.5. The Labute approximate surface area is 122 Å². The molecule has 7 heteroatoms. The van der Waals surface area contributed by atoms with Crippen LogP contribution in [-0.4, -0.2) is 37.6 Å². The van der Waals surface area contributed by atoms with E-state index >= 15 is 0 Å². The molecule has 0 aliphatic rings. The molecule has 110 valence electrons. The Kier molecular flexibility index (Phi) is 6.72. The van der Waals surface area contributed by atoms with Crippen LogP contribution in [0.25, 0.3) is 0 Å². The number of nitrogens with one attached hydrogen (secondary N) is 1. The van der Waals surface area contributed by atoms with Crippen molar-refractivity contribution in [2.24, 2.45) is 0 Å². The van der Waals surface area contributed by atoms with Crippen molar-refractivity contribution >= 4 is 35.0 Å². The SMILES string of the molecule is COC(=O)CSCCC(=O)Nc1cc(N)ccc1OC. The number of anilines is 2. The van der Waals surface area contributed by atoms with Gasteiger partial charge in [-0.3, -0.25) is 9.59 Å². The maximum Gasteiger partial charge on any atom is 0.315 e. The van der Waals surface area contributed by atoms with Crippen LogP contribution in [-0.2, 0) is 14.3 Å². The van der Waals surface area contributed by atoms with E-state index in [-0.39, 0.29) is 17.6 Å². The van der Waals surface area contributed by atoms with Gasteiger partial charge in [-0.05, 0) is 18.2 Å². The summed E-state index contributed by atoms with van der Waals surface area (Å²) < 4.78 is 9.64. The summed E-state index contributed by atoms with van der Waals surface area (Å²) >= 11 is 1.35. The molecule has 0 fully saturated rings. The number of esters is 1. The van der Waals surface area contributed by atoms with Crippen LogP contribution in [0.15, 0.2) is 18.2 Å². The van der Waals surface area contributed by atoms with Gasteiger partial charge in [-0.25, -0.2) is 0 Å². The third kappa shape index (κ3) is 5.40. The quantitative estimate of drug-likeness (QED) is 0.450. The second kappa shape index (κ2) is 8.31. The molecule has 0 bridgehead atoms. The lowest BCUT2D eigenvalue weighted by Gasteiger charge is -2.10. The number of nitrogen functional groups attached to an aromatic ring is 1. The van der Waals surface area contributed by atoms with Crippen LogP contribution < -0.4 is 15.8 Å². The molecule has 0 aromatic heterocycles. The summed E-state index contributed by atoms with van der Waals surface area (Å²) in [5.74, 6) is 0.866. The monoisotopic (exact) mass is 298 g/mol. The second-order valence-corrected chi connectivity index (χ2v) is 4.99. The first-order chi connectivity index (χ1) is 9.56. The van der Waals surface area contributed by atoms with Crippen molar-refractivity contribution in [3.63, 3.8) is 0 Å². The van der Waals surface area contributed by atoms with Gasteiger partial charge >= 0.3 is 5.97 Å². The molecule has 6 nitrogen and oxygen atoms in total.